The number of hydrogen-bond acceptors (Lipinski definition) is 5. The molecular formula is C14H25NO5. The highest BCUT2D eigenvalue weighted by atomic mass is 16.6. The second kappa shape index (κ2) is 6.43. The van der Waals surface area contributed by atoms with E-state index in [1.165, 1.54) is 7.11 Å². The van der Waals surface area contributed by atoms with Gasteiger partial charge in [-0.1, -0.05) is 0 Å². The summed E-state index contributed by atoms with van der Waals surface area (Å²) in [5.41, 5.74) is -0.883. The molecule has 0 saturated carbocycles. The molecule has 1 aliphatic heterocycles. The summed E-state index contributed by atoms with van der Waals surface area (Å²) in [4.78, 5) is 24.7. The van der Waals surface area contributed by atoms with Crippen LogP contribution in [-0.2, 0) is 19.0 Å². The van der Waals surface area contributed by atoms with E-state index in [0.717, 1.165) is 0 Å². The van der Waals surface area contributed by atoms with Crippen LogP contribution in [0.1, 0.15) is 40.5 Å². The first-order valence-electron chi connectivity index (χ1n) is 6.84. The zero-order valence-corrected chi connectivity index (χ0v) is 13.0. The van der Waals surface area contributed by atoms with Gasteiger partial charge in [-0.15, -0.1) is 0 Å². The first-order chi connectivity index (χ1) is 9.15. The number of esters is 1. The van der Waals surface area contributed by atoms with Gasteiger partial charge in [-0.05, 0) is 40.5 Å². The topological polar surface area (TPSA) is 65.1 Å². The molecule has 1 saturated heterocycles. The molecule has 1 heterocycles. The Kier molecular flexibility index (Phi) is 5.39. The van der Waals surface area contributed by atoms with Crippen LogP contribution in [0, 0.1) is 0 Å². The average molecular weight is 287 g/mol. The van der Waals surface area contributed by atoms with Crippen molar-refractivity contribution in [2.75, 3.05) is 26.8 Å². The summed E-state index contributed by atoms with van der Waals surface area (Å²) in [5, 5.41) is 0. The largest absolute Gasteiger partial charge is 0.467 e. The Bertz CT molecular complexity index is 353. The van der Waals surface area contributed by atoms with Gasteiger partial charge in [0.15, 0.2) is 0 Å². The molecule has 1 amide bonds. The molecule has 0 aromatic heterocycles. The van der Waals surface area contributed by atoms with E-state index in [1.807, 2.05) is 27.7 Å². The lowest BCUT2D eigenvalue weighted by Gasteiger charge is -2.39. The molecule has 1 fully saturated rings. The molecule has 116 valence electrons. The smallest absolute Gasteiger partial charge is 0.410 e. The van der Waals surface area contributed by atoms with Crippen molar-refractivity contribution < 1.29 is 23.8 Å². The molecule has 0 spiro atoms. The Morgan fingerprint density at radius 3 is 2.20 bits per heavy atom. The van der Waals surface area contributed by atoms with Crippen LogP contribution in [0.2, 0.25) is 0 Å². The second-order valence-electron chi connectivity index (χ2n) is 6.28. The van der Waals surface area contributed by atoms with Gasteiger partial charge in [0.1, 0.15) is 12.2 Å². The Labute approximate surface area is 120 Å². The van der Waals surface area contributed by atoms with Crippen molar-refractivity contribution in [1.82, 2.24) is 4.90 Å². The van der Waals surface area contributed by atoms with Gasteiger partial charge in [-0.25, -0.2) is 9.59 Å². The summed E-state index contributed by atoms with van der Waals surface area (Å²) >= 11 is 0. The number of carbonyl (C=O) groups excluding carboxylic acids is 2. The molecule has 0 aliphatic carbocycles. The predicted molar refractivity (Wildman–Crippen MR) is 73.4 cm³/mol. The summed E-state index contributed by atoms with van der Waals surface area (Å²) < 4.78 is 15.5. The first-order valence-corrected chi connectivity index (χ1v) is 6.84. The lowest BCUT2D eigenvalue weighted by molar-refractivity contribution is -0.155. The average Bonchev–Trinajstić information content (AvgIpc) is 2.34. The van der Waals surface area contributed by atoms with E-state index in [0.29, 0.717) is 25.9 Å². The molecule has 1 rings (SSSR count). The number of nitrogens with zero attached hydrogens (tertiary/aromatic N) is 1. The quantitative estimate of drug-likeness (QED) is 0.742. The third-order valence-corrected chi connectivity index (χ3v) is 3.24. The maximum Gasteiger partial charge on any atom is 0.410 e. The standard InChI is InChI=1S/C14H25NO5/c1-13(2,3)20-12(17)15-8-6-14(4,7-9-15)19-10-11(16)18-5/h6-10H2,1-5H3. The van der Waals surface area contributed by atoms with Crippen LogP contribution in [-0.4, -0.2) is 55.0 Å². The van der Waals surface area contributed by atoms with Crippen molar-refractivity contribution in [3.8, 4) is 0 Å². The van der Waals surface area contributed by atoms with Crippen LogP contribution >= 0.6 is 0 Å². The lowest BCUT2D eigenvalue weighted by Crippen LogP contribution is -2.48. The molecule has 0 bridgehead atoms. The van der Waals surface area contributed by atoms with E-state index in [-0.39, 0.29) is 18.7 Å². The Morgan fingerprint density at radius 2 is 1.75 bits per heavy atom. The van der Waals surface area contributed by atoms with E-state index < -0.39 is 11.2 Å². The molecule has 0 aromatic carbocycles. The van der Waals surface area contributed by atoms with Crippen molar-refractivity contribution in [3.63, 3.8) is 0 Å². The van der Waals surface area contributed by atoms with E-state index >= 15 is 0 Å². The van der Waals surface area contributed by atoms with Crippen LogP contribution in [0.5, 0.6) is 0 Å². The van der Waals surface area contributed by atoms with Crippen molar-refractivity contribution in [1.29, 1.82) is 0 Å². The Morgan fingerprint density at radius 1 is 1.20 bits per heavy atom. The number of likely N-dealkylation sites (tertiary alicyclic amines) is 1. The summed E-state index contributed by atoms with van der Waals surface area (Å²) in [5.74, 6) is -0.388. The Hall–Kier alpha value is -1.30. The van der Waals surface area contributed by atoms with E-state index in [1.54, 1.807) is 4.90 Å². The number of piperidine rings is 1. The van der Waals surface area contributed by atoms with Crippen LogP contribution in [0.25, 0.3) is 0 Å². The minimum Gasteiger partial charge on any atom is -0.467 e. The number of ether oxygens (including phenoxy) is 3. The molecule has 6 heteroatoms. The van der Waals surface area contributed by atoms with E-state index in [2.05, 4.69) is 4.74 Å². The van der Waals surface area contributed by atoms with Gasteiger partial charge in [0.2, 0.25) is 0 Å². The normalized spacial score (nSPS) is 18.6. The van der Waals surface area contributed by atoms with Gasteiger partial charge in [-0.2, -0.15) is 0 Å². The van der Waals surface area contributed by atoms with Crippen LogP contribution in [0.15, 0.2) is 0 Å². The Balaban J connectivity index is 2.42. The van der Waals surface area contributed by atoms with Crippen LogP contribution in [0.4, 0.5) is 4.79 Å². The molecule has 6 nitrogen and oxygen atoms in total. The van der Waals surface area contributed by atoms with Crippen molar-refractivity contribution in [2.24, 2.45) is 0 Å². The summed E-state index contributed by atoms with van der Waals surface area (Å²) in [6.45, 7) is 8.55. The highest BCUT2D eigenvalue weighted by Gasteiger charge is 2.34. The van der Waals surface area contributed by atoms with E-state index in [9.17, 15) is 9.59 Å². The molecule has 0 unspecified atom stereocenters. The minimum atomic E-state index is -0.487. The molecule has 20 heavy (non-hydrogen) atoms. The first kappa shape index (κ1) is 16.8. The van der Waals surface area contributed by atoms with E-state index in [4.69, 9.17) is 9.47 Å². The number of amides is 1. The van der Waals surface area contributed by atoms with Crippen molar-refractivity contribution in [2.45, 2.75) is 51.7 Å². The van der Waals surface area contributed by atoms with Gasteiger partial charge in [-0.3, -0.25) is 0 Å². The highest BCUT2D eigenvalue weighted by Crippen LogP contribution is 2.26. The predicted octanol–water partition coefficient (Wildman–Crippen LogP) is 1.97. The maximum atomic E-state index is 11.9. The third-order valence-electron chi connectivity index (χ3n) is 3.24. The SMILES string of the molecule is COC(=O)COC1(C)CCN(C(=O)OC(C)(C)C)CC1. The van der Waals surface area contributed by atoms with Gasteiger partial charge in [0, 0.05) is 13.1 Å². The van der Waals surface area contributed by atoms with Crippen molar-refractivity contribution in [3.05, 3.63) is 0 Å². The minimum absolute atomic E-state index is 0.0561. The number of methoxy groups -OCH3 is 1. The maximum absolute atomic E-state index is 11.9. The third kappa shape index (κ3) is 5.36. The summed E-state index contributed by atoms with van der Waals surface area (Å²) in [6, 6.07) is 0. The van der Waals surface area contributed by atoms with Crippen molar-refractivity contribution >= 4 is 12.1 Å². The monoisotopic (exact) mass is 287 g/mol. The van der Waals surface area contributed by atoms with Gasteiger partial charge in [0.05, 0.1) is 12.7 Å². The summed E-state index contributed by atoms with van der Waals surface area (Å²) in [6.07, 6.45) is 1.04. The molecule has 0 atom stereocenters. The van der Waals surface area contributed by atoms with Crippen LogP contribution in [0.3, 0.4) is 0 Å². The lowest BCUT2D eigenvalue weighted by atomic mass is 9.93. The van der Waals surface area contributed by atoms with Gasteiger partial charge < -0.3 is 19.1 Å². The fraction of sp³-hybridized carbons (Fsp3) is 0.857. The molecule has 0 N–H and O–H groups in total. The molecule has 0 radical (unpaired) electrons. The number of rotatable bonds is 3. The number of carbonyl (C=O) groups is 2. The number of hydrogen-bond donors (Lipinski definition) is 0. The fourth-order valence-corrected chi connectivity index (χ4v) is 1.93. The summed E-state index contributed by atoms with van der Waals surface area (Å²) in [7, 11) is 1.33. The molecule has 1 aliphatic rings. The fourth-order valence-electron chi connectivity index (χ4n) is 1.93. The zero-order chi connectivity index (χ0) is 15.4. The molecule has 0 aromatic rings. The second-order valence-corrected chi connectivity index (χ2v) is 6.28. The van der Waals surface area contributed by atoms with Gasteiger partial charge >= 0.3 is 12.1 Å². The molecular weight excluding hydrogens is 262 g/mol. The zero-order valence-electron chi connectivity index (χ0n) is 13.0. The van der Waals surface area contributed by atoms with Gasteiger partial charge in [0.25, 0.3) is 0 Å². The highest BCUT2D eigenvalue weighted by molar-refractivity contribution is 5.70. The van der Waals surface area contributed by atoms with Crippen LogP contribution < -0.4 is 0 Å².